The summed E-state index contributed by atoms with van der Waals surface area (Å²) in [6, 6.07) is 10.2. The van der Waals surface area contributed by atoms with Gasteiger partial charge in [-0.15, -0.1) is 0 Å². The summed E-state index contributed by atoms with van der Waals surface area (Å²) in [5.41, 5.74) is 1.97. The van der Waals surface area contributed by atoms with Crippen LogP contribution in [0.3, 0.4) is 0 Å². The molecule has 0 radical (unpaired) electrons. The van der Waals surface area contributed by atoms with Crippen LogP contribution in [0.2, 0.25) is 0 Å². The second-order valence-corrected chi connectivity index (χ2v) is 6.28. The van der Waals surface area contributed by atoms with Crippen LogP contribution in [0.25, 0.3) is 10.9 Å². The van der Waals surface area contributed by atoms with E-state index in [0.717, 1.165) is 5.52 Å². The monoisotopic (exact) mass is 338 g/mol. The Bertz CT molecular complexity index is 971. The lowest BCUT2D eigenvalue weighted by Gasteiger charge is -2.18. The van der Waals surface area contributed by atoms with Crippen molar-refractivity contribution in [2.45, 2.75) is 26.8 Å². The van der Waals surface area contributed by atoms with E-state index in [2.05, 4.69) is 32.7 Å². The Kier molecular flexibility index (Phi) is 4.70. The Hall–Kier alpha value is -2.89. The van der Waals surface area contributed by atoms with Crippen molar-refractivity contribution in [1.82, 2.24) is 19.4 Å². The van der Waals surface area contributed by atoms with Crippen molar-refractivity contribution in [2.75, 3.05) is 13.6 Å². The highest BCUT2D eigenvalue weighted by Gasteiger charge is 2.15. The highest BCUT2D eigenvalue weighted by atomic mass is 16.2. The molecule has 0 saturated carbocycles. The first-order valence-electron chi connectivity index (χ1n) is 8.30. The fraction of sp³-hybridized carbons (Fsp3) is 0.316. The molecule has 6 nitrogen and oxygen atoms in total. The molecule has 2 heterocycles. The zero-order valence-electron chi connectivity index (χ0n) is 14.7. The molecule has 25 heavy (non-hydrogen) atoms. The molecule has 0 spiro atoms. The van der Waals surface area contributed by atoms with Gasteiger partial charge >= 0.3 is 0 Å². The quantitative estimate of drug-likeness (QED) is 0.774. The summed E-state index contributed by atoms with van der Waals surface area (Å²) in [4.78, 5) is 33.1. The first kappa shape index (κ1) is 17.0. The van der Waals surface area contributed by atoms with E-state index < -0.39 is 0 Å². The maximum atomic E-state index is 12.5. The predicted octanol–water partition coefficient (Wildman–Crippen LogP) is 2.04. The first-order chi connectivity index (χ1) is 12.0. The third kappa shape index (κ3) is 3.63. The predicted molar refractivity (Wildman–Crippen MR) is 97.6 cm³/mol. The van der Waals surface area contributed by atoms with Gasteiger partial charge in [0, 0.05) is 43.1 Å². The largest absolute Gasteiger partial charge is 0.346 e. The summed E-state index contributed by atoms with van der Waals surface area (Å²) >= 11 is 0. The van der Waals surface area contributed by atoms with Crippen LogP contribution in [0, 0.1) is 13.8 Å². The molecule has 3 rings (SSSR count). The average molecular weight is 338 g/mol. The normalized spacial score (nSPS) is 11.0. The van der Waals surface area contributed by atoms with Gasteiger partial charge in [-0.3, -0.25) is 9.59 Å². The van der Waals surface area contributed by atoms with Crippen molar-refractivity contribution in [1.29, 1.82) is 0 Å². The lowest BCUT2D eigenvalue weighted by atomic mass is 10.1. The fourth-order valence-electron chi connectivity index (χ4n) is 2.96. The van der Waals surface area contributed by atoms with E-state index in [4.69, 9.17) is 0 Å². The molecule has 0 saturated heterocycles. The van der Waals surface area contributed by atoms with Gasteiger partial charge in [-0.05, 0) is 31.4 Å². The van der Waals surface area contributed by atoms with Crippen molar-refractivity contribution in [2.24, 2.45) is 0 Å². The lowest BCUT2D eigenvalue weighted by molar-refractivity contribution is -0.129. The Labute approximate surface area is 146 Å². The molecule has 1 N–H and O–H groups in total. The number of para-hydroxylation sites is 1. The van der Waals surface area contributed by atoms with Gasteiger partial charge in [-0.2, -0.15) is 0 Å². The Morgan fingerprint density at radius 1 is 1.24 bits per heavy atom. The minimum Gasteiger partial charge on any atom is -0.346 e. The van der Waals surface area contributed by atoms with Crippen molar-refractivity contribution < 1.29 is 4.79 Å². The number of fused-ring (bicyclic) bond motifs is 1. The van der Waals surface area contributed by atoms with Gasteiger partial charge in [-0.25, -0.2) is 4.98 Å². The molecule has 130 valence electrons. The molecule has 2 aromatic heterocycles. The number of aromatic nitrogens is 3. The fourth-order valence-corrected chi connectivity index (χ4v) is 2.96. The standard InChI is InChI=1S/C19H22N4O2/c1-13-16(19(25)21-14(2)20-13)12-18(24)22(3)10-11-23-9-8-15-6-4-5-7-17(15)23/h4-9H,10-12H2,1-3H3,(H,20,21,25). The SMILES string of the molecule is Cc1nc(C)c(CC(=O)N(C)CCn2ccc3ccccc32)c(=O)[nH]1. The Morgan fingerprint density at radius 3 is 2.76 bits per heavy atom. The van der Waals surface area contributed by atoms with E-state index in [1.54, 1.807) is 25.8 Å². The van der Waals surface area contributed by atoms with Crippen LogP contribution < -0.4 is 5.56 Å². The van der Waals surface area contributed by atoms with E-state index in [0.29, 0.717) is 30.2 Å². The van der Waals surface area contributed by atoms with E-state index in [9.17, 15) is 9.59 Å². The van der Waals surface area contributed by atoms with E-state index in [-0.39, 0.29) is 17.9 Å². The number of amides is 1. The van der Waals surface area contributed by atoms with Gasteiger partial charge in [0.05, 0.1) is 6.42 Å². The summed E-state index contributed by atoms with van der Waals surface area (Å²) in [6.45, 7) is 4.77. The molecule has 1 amide bonds. The molecular formula is C19H22N4O2. The van der Waals surface area contributed by atoms with Crippen LogP contribution >= 0.6 is 0 Å². The van der Waals surface area contributed by atoms with Crippen molar-refractivity contribution >= 4 is 16.8 Å². The van der Waals surface area contributed by atoms with Crippen LogP contribution in [0.4, 0.5) is 0 Å². The topological polar surface area (TPSA) is 71.0 Å². The Balaban J connectivity index is 1.66. The second kappa shape index (κ2) is 6.93. The number of rotatable bonds is 5. The molecule has 1 aromatic carbocycles. The van der Waals surface area contributed by atoms with E-state index >= 15 is 0 Å². The number of benzene rings is 1. The number of nitrogens with one attached hydrogen (secondary N) is 1. The number of hydrogen-bond acceptors (Lipinski definition) is 3. The van der Waals surface area contributed by atoms with E-state index in [1.807, 2.05) is 18.3 Å². The molecule has 3 aromatic rings. The summed E-state index contributed by atoms with van der Waals surface area (Å²) < 4.78 is 2.13. The molecule has 0 unspecified atom stereocenters. The number of H-pyrrole nitrogens is 1. The highest BCUT2D eigenvalue weighted by molar-refractivity contribution is 5.80. The van der Waals surface area contributed by atoms with Gasteiger partial charge in [0.15, 0.2) is 0 Å². The summed E-state index contributed by atoms with van der Waals surface area (Å²) in [5, 5.41) is 1.18. The summed E-state index contributed by atoms with van der Waals surface area (Å²) in [7, 11) is 1.76. The maximum Gasteiger partial charge on any atom is 0.254 e. The number of carbonyl (C=O) groups excluding carboxylic acids is 1. The van der Waals surface area contributed by atoms with Crippen molar-refractivity contribution in [3.8, 4) is 0 Å². The number of nitrogens with zero attached hydrogens (tertiary/aromatic N) is 3. The molecule has 0 bridgehead atoms. The summed E-state index contributed by atoms with van der Waals surface area (Å²) in [6.07, 6.45) is 2.10. The summed E-state index contributed by atoms with van der Waals surface area (Å²) in [5.74, 6) is 0.474. The van der Waals surface area contributed by atoms with Crippen LogP contribution in [0.1, 0.15) is 17.1 Å². The number of aryl methyl sites for hydroxylation is 2. The minimum absolute atomic E-state index is 0.0668. The molecule has 0 aliphatic rings. The third-order valence-corrected chi connectivity index (χ3v) is 4.45. The molecule has 0 fully saturated rings. The van der Waals surface area contributed by atoms with Crippen molar-refractivity contribution in [3.63, 3.8) is 0 Å². The zero-order valence-corrected chi connectivity index (χ0v) is 14.7. The van der Waals surface area contributed by atoms with Crippen LogP contribution in [0.15, 0.2) is 41.3 Å². The number of hydrogen-bond donors (Lipinski definition) is 1. The Morgan fingerprint density at radius 2 is 2.00 bits per heavy atom. The van der Waals surface area contributed by atoms with Gasteiger partial charge in [0.1, 0.15) is 5.82 Å². The van der Waals surface area contributed by atoms with Gasteiger partial charge in [0.25, 0.3) is 5.56 Å². The number of aromatic amines is 1. The van der Waals surface area contributed by atoms with Crippen molar-refractivity contribution in [3.05, 3.63) is 64.0 Å². The van der Waals surface area contributed by atoms with Gasteiger partial charge in [-0.1, -0.05) is 18.2 Å². The van der Waals surface area contributed by atoms with Crippen LogP contribution in [0.5, 0.6) is 0 Å². The molecule has 0 aliphatic carbocycles. The van der Waals surface area contributed by atoms with Gasteiger partial charge in [0.2, 0.25) is 5.91 Å². The first-order valence-corrected chi connectivity index (χ1v) is 8.30. The van der Waals surface area contributed by atoms with Gasteiger partial charge < -0.3 is 14.5 Å². The minimum atomic E-state index is -0.233. The molecule has 0 aliphatic heterocycles. The number of carbonyl (C=O) groups is 1. The van der Waals surface area contributed by atoms with Crippen LogP contribution in [-0.4, -0.2) is 38.9 Å². The third-order valence-electron chi connectivity index (χ3n) is 4.45. The smallest absolute Gasteiger partial charge is 0.254 e. The number of likely N-dealkylation sites (N-methyl/N-ethyl adjacent to an activating group) is 1. The highest BCUT2D eigenvalue weighted by Crippen LogP contribution is 2.15. The zero-order chi connectivity index (χ0) is 18.0. The lowest BCUT2D eigenvalue weighted by Crippen LogP contribution is -2.33. The second-order valence-electron chi connectivity index (χ2n) is 6.28. The molecule has 6 heteroatoms. The van der Waals surface area contributed by atoms with Crippen LogP contribution in [-0.2, 0) is 17.8 Å². The van der Waals surface area contributed by atoms with E-state index in [1.165, 1.54) is 5.39 Å². The molecule has 0 atom stereocenters. The maximum absolute atomic E-state index is 12.5. The average Bonchev–Trinajstić information content (AvgIpc) is 2.99. The molecular weight excluding hydrogens is 316 g/mol.